The van der Waals surface area contributed by atoms with Gasteiger partial charge in [-0.2, -0.15) is 4.98 Å². The number of sulfonamides is 1. The minimum absolute atomic E-state index is 0.0446. The van der Waals surface area contributed by atoms with E-state index < -0.39 is 16.0 Å². The Morgan fingerprint density at radius 1 is 1.38 bits per heavy atom. The van der Waals surface area contributed by atoms with Gasteiger partial charge in [-0.25, -0.2) is 17.9 Å². The van der Waals surface area contributed by atoms with E-state index in [0.29, 0.717) is 5.89 Å². The first-order chi connectivity index (χ1) is 9.94. The SMILES string of the molecule is COC(=O)c1ccccc1S(=O)(=O)NCc1noc(C)n1. The van der Waals surface area contributed by atoms with Crippen molar-refractivity contribution in [2.45, 2.75) is 18.4 Å². The highest BCUT2D eigenvalue weighted by molar-refractivity contribution is 7.89. The average molecular weight is 311 g/mol. The van der Waals surface area contributed by atoms with E-state index in [1.165, 1.54) is 25.3 Å². The standard InChI is InChI=1S/C12H13N3O5S/c1-8-14-11(15-20-8)7-13-21(17,18)10-6-4-3-5-9(10)12(16)19-2/h3-6,13H,7H2,1-2H3. The molecule has 1 heterocycles. The quantitative estimate of drug-likeness (QED) is 0.806. The number of nitrogens with one attached hydrogen (secondary N) is 1. The third kappa shape index (κ3) is 3.44. The third-order valence-corrected chi connectivity index (χ3v) is 4.03. The molecule has 0 bridgehead atoms. The maximum Gasteiger partial charge on any atom is 0.339 e. The van der Waals surface area contributed by atoms with Gasteiger partial charge in [0.05, 0.1) is 24.1 Å². The average Bonchev–Trinajstić information content (AvgIpc) is 2.90. The lowest BCUT2D eigenvalue weighted by Crippen LogP contribution is -2.25. The van der Waals surface area contributed by atoms with Gasteiger partial charge in [0.1, 0.15) is 0 Å². The Morgan fingerprint density at radius 3 is 2.71 bits per heavy atom. The fourth-order valence-corrected chi connectivity index (χ4v) is 2.80. The van der Waals surface area contributed by atoms with Crippen molar-refractivity contribution in [1.82, 2.24) is 14.9 Å². The lowest BCUT2D eigenvalue weighted by atomic mass is 10.2. The van der Waals surface area contributed by atoms with Crippen molar-refractivity contribution in [2.24, 2.45) is 0 Å². The highest BCUT2D eigenvalue weighted by Crippen LogP contribution is 2.16. The molecule has 0 saturated heterocycles. The van der Waals surface area contributed by atoms with Crippen LogP contribution >= 0.6 is 0 Å². The predicted octanol–water partition coefficient (Wildman–Crippen LogP) is 0.643. The van der Waals surface area contributed by atoms with Crippen LogP contribution in [0.4, 0.5) is 0 Å². The van der Waals surface area contributed by atoms with Gasteiger partial charge >= 0.3 is 5.97 Å². The van der Waals surface area contributed by atoms with Gasteiger partial charge in [-0.05, 0) is 12.1 Å². The number of carbonyl (C=O) groups excluding carboxylic acids is 1. The van der Waals surface area contributed by atoms with Crippen molar-refractivity contribution in [3.05, 3.63) is 41.5 Å². The molecule has 0 amide bonds. The van der Waals surface area contributed by atoms with Crippen molar-refractivity contribution in [3.63, 3.8) is 0 Å². The summed E-state index contributed by atoms with van der Waals surface area (Å²) in [5, 5.41) is 3.58. The zero-order valence-electron chi connectivity index (χ0n) is 11.4. The number of ether oxygens (including phenoxy) is 1. The summed E-state index contributed by atoms with van der Waals surface area (Å²) in [5.41, 5.74) is -0.0446. The van der Waals surface area contributed by atoms with Crippen molar-refractivity contribution in [1.29, 1.82) is 0 Å². The number of aromatic nitrogens is 2. The van der Waals surface area contributed by atoms with Gasteiger partial charge in [0.2, 0.25) is 15.9 Å². The minimum atomic E-state index is -3.91. The van der Waals surface area contributed by atoms with Gasteiger partial charge in [-0.15, -0.1) is 0 Å². The van der Waals surface area contributed by atoms with Crippen molar-refractivity contribution >= 4 is 16.0 Å². The highest BCUT2D eigenvalue weighted by Gasteiger charge is 2.22. The topological polar surface area (TPSA) is 111 Å². The molecule has 8 nitrogen and oxygen atoms in total. The maximum absolute atomic E-state index is 12.2. The molecule has 0 aliphatic heterocycles. The molecule has 2 aromatic rings. The number of benzene rings is 1. The van der Waals surface area contributed by atoms with Gasteiger partial charge < -0.3 is 9.26 Å². The molecule has 0 saturated carbocycles. The van der Waals surface area contributed by atoms with Gasteiger partial charge in [0, 0.05) is 6.92 Å². The normalized spacial score (nSPS) is 11.3. The van der Waals surface area contributed by atoms with Crippen molar-refractivity contribution < 1.29 is 22.5 Å². The molecular formula is C12H13N3O5S. The summed E-state index contributed by atoms with van der Waals surface area (Å²) < 4.78 is 36.1. The first kappa shape index (κ1) is 15.1. The second-order valence-corrected chi connectivity index (χ2v) is 5.78. The molecule has 9 heteroatoms. The Hall–Kier alpha value is -2.26. The van der Waals surface area contributed by atoms with Crippen LogP contribution in [0.5, 0.6) is 0 Å². The summed E-state index contributed by atoms with van der Waals surface area (Å²) >= 11 is 0. The van der Waals surface area contributed by atoms with Gasteiger partial charge in [-0.1, -0.05) is 17.3 Å². The number of hydrogen-bond acceptors (Lipinski definition) is 7. The number of aryl methyl sites for hydroxylation is 1. The van der Waals surface area contributed by atoms with Crippen LogP contribution in [0.1, 0.15) is 22.1 Å². The number of rotatable bonds is 5. The van der Waals surface area contributed by atoms with E-state index in [9.17, 15) is 13.2 Å². The molecule has 1 aromatic heterocycles. The second kappa shape index (κ2) is 6.02. The molecule has 0 radical (unpaired) electrons. The lowest BCUT2D eigenvalue weighted by Gasteiger charge is -2.09. The number of hydrogen-bond donors (Lipinski definition) is 1. The van der Waals surface area contributed by atoms with Crippen LogP contribution in [-0.2, 0) is 21.3 Å². The summed E-state index contributed by atoms with van der Waals surface area (Å²) in [6.07, 6.45) is 0. The summed E-state index contributed by atoms with van der Waals surface area (Å²) in [6, 6.07) is 5.75. The smallest absolute Gasteiger partial charge is 0.339 e. The second-order valence-electron chi connectivity index (χ2n) is 4.04. The van der Waals surface area contributed by atoms with Crippen LogP contribution in [0.2, 0.25) is 0 Å². The molecule has 2 rings (SSSR count). The van der Waals surface area contributed by atoms with Gasteiger partial charge in [-0.3, -0.25) is 0 Å². The largest absolute Gasteiger partial charge is 0.465 e. The first-order valence-corrected chi connectivity index (χ1v) is 7.38. The molecule has 0 atom stereocenters. The number of esters is 1. The molecule has 0 aliphatic carbocycles. The number of methoxy groups -OCH3 is 1. The molecule has 112 valence electrons. The molecule has 1 N–H and O–H groups in total. The molecular weight excluding hydrogens is 298 g/mol. The lowest BCUT2D eigenvalue weighted by molar-refractivity contribution is 0.0596. The van der Waals surface area contributed by atoms with Crippen LogP contribution < -0.4 is 4.72 Å². The zero-order valence-corrected chi connectivity index (χ0v) is 12.2. The predicted molar refractivity (Wildman–Crippen MR) is 70.8 cm³/mol. The first-order valence-electron chi connectivity index (χ1n) is 5.90. The zero-order chi connectivity index (χ0) is 15.5. The Bertz CT molecular complexity index is 754. The fourth-order valence-electron chi connectivity index (χ4n) is 1.63. The van der Waals surface area contributed by atoms with E-state index >= 15 is 0 Å². The Balaban J connectivity index is 2.25. The molecule has 0 unspecified atom stereocenters. The third-order valence-electron chi connectivity index (χ3n) is 2.57. The van der Waals surface area contributed by atoms with Gasteiger partial charge in [0.15, 0.2) is 5.82 Å². The van der Waals surface area contributed by atoms with Crippen LogP contribution in [0.25, 0.3) is 0 Å². The summed E-state index contributed by atoms with van der Waals surface area (Å²) in [5.74, 6) is -0.197. The molecule has 0 spiro atoms. The molecule has 1 aromatic carbocycles. The minimum Gasteiger partial charge on any atom is -0.465 e. The van der Waals surface area contributed by atoms with E-state index in [4.69, 9.17) is 4.52 Å². The summed E-state index contributed by atoms with van der Waals surface area (Å²) in [7, 11) is -2.73. The van der Waals surface area contributed by atoms with Crippen LogP contribution in [0.3, 0.4) is 0 Å². The monoisotopic (exact) mass is 311 g/mol. The maximum atomic E-state index is 12.2. The van der Waals surface area contributed by atoms with Crippen LogP contribution in [0, 0.1) is 6.92 Å². The fraction of sp³-hybridized carbons (Fsp3) is 0.250. The molecule has 0 aliphatic rings. The van der Waals surface area contributed by atoms with Crippen molar-refractivity contribution in [2.75, 3.05) is 7.11 Å². The van der Waals surface area contributed by atoms with E-state index in [2.05, 4.69) is 19.6 Å². The highest BCUT2D eigenvalue weighted by atomic mass is 32.2. The summed E-state index contributed by atoms with van der Waals surface area (Å²) in [4.78, 5) is 15.3. The van der Waals surface area contributed by atoms with E-state index in [1.54, 1.807) is 13.0 Å². The number of nitrogens with zero attached hydrogens (tertiary/aromatic N) is 2. The Kier molecular flexibility index (Phi) is 4.34. The van der Waals surface area contributed by atoms with E-state index in [0.717, 1.165) is 0 Å². The van der Waals surface area contributed by atoms with E-state index in [1.807, 2.05) is 0 Å². The number of carbonyl (C=O) groups is 1. The van der Waals surface area contributed by atoms with Gasteiger partial charge in [0.25, 0.3) is 0 Å². The van der Waals surface area contributed by atoms with Crippen molar-refractivity contribution in [3.8, 4) is 0 Å². The summed E-state index contributed by atoms with van der Waals surface area (Å²) in [6.45, 7) is 1.45. The van der Waals surface area contributed by atoms with Crippen LogP contribution in [0.15, 0.2) is 33.7 Å². The Labute approximate surface area is 121 Å². The molecule has 0 fully saturated rings. The molecule has 21 heavy (non-hydrogen) atoms. The van der Waals surface area contributed by atoms with E-state index in [-0.39, 0.29) is 22.8 Å². The van der Waals surface area contributed by atoms with Crippen LogP contribution in [-0.4, -0.2) is 31.6 Å². The Morgan fingerprint density at radius 2 is 2.10 bits per heavy atom.